The van der Waals surface area contributed by atoms with Gasteiger partial charge in [-0.05, 0) is 13.8 Å². The third-order valence-corrected chi connectivity index (χ3v) is 1.22. The highest BCUT2D eigenvalue weighted by atomic mass is 16.4. The van der Waals surface area contributed by atoms with Crippen molar-refractivity contribution in [1.82, 2.24) is 5.32 Å². The van der Waals surface area contributed by atoms with Crippen molar-refractivity contribution in [1.29, 1.82) is 0 Å². The van der Waals surface area contributed by atoms with E-state index in [4.69, 9.17) is 10.2 Å². The van der Waals surface area contributed by atoms with Gasteiger partial charge in [-0.1, -0.05) is 5.57 Å². The van der Waals surface area contributed by atoms with Crippen LogP contribution in [0.2, 0.25) is 0 Å². The van der Waals surface area contributed by atoms with Crippen molar-refractivity contribution in [2.75, 3.05) is 6.61 Å². The van der Waals surface area contributed by atoms with Crippen LogP contribution in [0.4, 0.5) is 0 Å². The van der Waals surface area contributed by atoms with E-state index in [1.807, 2.05) is 0 Å². The summed E-state index contributed by atoms with van der Waals surface area (Å²) in [5.41, 5.74) is 0.763. The fourth-order valence-corrected chi connectivity index (χ4v) is 0.661. The van der Waals surface area contributed by atoms with Gasteiger partial charge in [0.1, 0.15) is 0 Å². The lowest BCUT2D eigenvalue weighted by molar-refractivity contribution is -0.142. The van der Waals surface area contributed by atoms with Crippen molar-refractivity contribution in [3.8, 4) is 0 Å². The molecule has 0 aromatic heterocycles. The quantitative estimate of drug-likeness (QED) is 0.518. The van der Waals surface area contributed by atoms with E-state index in [9.17, 15) is 9.59 Å². The number of carboxylic acid groups (broad SMARTS) is 1. The Morgan fingerprint density at radius 1 is 1.46 bits per heavy atom. The molecule has 0 aromatic carbocycles. The molecule has 1 amide bonds. The van der Waals surface area contributed by atoms with Crippen LogP contribution in [0.1, 0.15) is 13.8 Å². The number of hydrogen-bond acceptors (Lipinski definition) is 3. The zero-order chi connectivity index (χ0) is 10.4. The summed E-state index contributed by atoms with van der Waals surface area (Å²) < 4.78 is 0. The second-order valence-corrected chi connectivity index (χ2v) is 2.80. The van der Waals surface area contributed by atoms with E-state index < -0.39 is 24.5 Å². The second-order valence-electron chi connectivity index (χ2n) is 2.80. The summed E-state index contributed by atoms with van der Waals surface area (Å²) in [6, 6.07) is -1.23. The largest absolute Gasteiger partial charge is 0.480 e. The second kappa shape index (κ2) is 5.31. The number of aliphatic carboxylic acids is 1. The van der Waals surface area contributed by atoms with E-state index in [2.05, 4.69) is 5.32 Å². The summed E-state index contributed by atoms with van der Waals surface area (Å²) >= 11 is 0. The van der Waals surface area contributed by atoms with Gasteiger partial charge >= 0.3 is 5.97 Å². The maximum absolute atomic E-state index is 11.0. The molecule has 0 aromatic rings. The van der Waals surface area contributed by atoms with E-state index in [-0.39, 0.29) is 0 Å². The Kier molecular flexibility index (Phi) is 4.76. The highest BCUT2D eigenvalue weighted by Crippen LogP contribution is 1.89. The average molecular weight is 187 g/mol. The summed E-state index contributed by atoms with van der Waals surface area (Å²) in [5.74, 6) is -1.76. The van der Waals surface area contributed by atoms with Gasteiger partial charge in [0, 0.05) is 6.08 Å². The molecule has 5 nitrogen and oxygen atoms in total. The van der Waals surface area contributed by atoms with Crippen LogP contribution in [-0.4, -0.2) is 34.7 Å². The average Bonchev–Trinajstić information content (AvgIpc) is 1.98. The maximum Gasteiger partial charge on any atom is 0.328 e. The number of carbonyl (C=O) groups is 2. The molecule has 0 heterocycles. The normalized spacial score (nSPS) is 11.6. The van der Waals surface area contributed by atoms with E-state index in [0.717, 1.165) is 5.57 Å². The first-order valence-corrected chi connectivity index (χ1v) is 3.76. The van der Waals surface area contributed by atoms with E-state index >= 15 is 0 Å². The van der Waals surface area contributed by atoms with Crippen LogP contribution >= 0.6 is 0 Å². The maximum atomic E-state index is 11.0. The summed E-state index contributed by atoms with van der Waals surface area (Å²) in [4.78, 5) is 21.3. The Balaban J connectivity index is 4.18. The van der Waals surface area contributed by atoms with Crippen molar-refractivity contribution in [3.63, 3.8) is 0 Å². The number of aliphatic hydroxyl groups is 1. The standard InChI is InChI=1S/C8H13NO4/c1-5(2)3-7(11)9-6(4-10)8(12)13/h3,6,10H,4H2,1-2H3,(H,9,11)(H,12,13). The summed E-state index contributed by atoms with van der Waals surface area (Å²) in [6.07, 6.45) is 1.27. The fraction of sp³-hybridized carbons (Fsp3) is 0.500. The van der Waals surface area contributed by atoms with E-state index in [1.54, 1.807) is 13.8 Å². The molecular formula is C8H13NO4. The zero-order valence-electron chi connectivity index (χ0n) is 7.57. The number of rotatable bonds is 4. The number of carbonyl (C=O) groups excluding carboxylic acids is 1. The Hall–Kier alpha value is -1.36. The highest BCUT2D eigenvalue weighted by Gasteiger charge is 2.16. The van der Waals surface area contributed by atoms with Crippen LogP contribution in [0.25, 0.3) is 0 Å². The molecule has 0 spiro atoms. The zero-order valence-corrected chi connectivity index (χ0v) is 7.57. The molecule has 0 radical (unpaired) electrons. The molecular weight excluding hydrogens is 174 g/mol. The van der Waals surface area contributed by atoms with E-state index in [0.29, 0.717) is 0 Å². The Bertz CT molecular complexity index is 230. The molecule has 5 heteroatoms. The third-order valence-electron chi connectivity index (χ3n) is 1.22. The Labute approximate surface area is 76.1 Å². The first-order valence-electron chi connectivity index (χ1n) is 3.76. The predicted molar refractivity (Wildman–Crippen MR) is 46.1 cm³/mol. The van der Waals surface area contributed by atoms with Gasteiger partial charge < -0.3 is 15.5 Å². The minimum atomic E-state index is -1.25. The lowest BCUT2D eigenvalue weighted by Gasteiger charge is -2.09. The molecule has 3 N–H and O–H groups in total. The molecule has 0 rings (SSSR count). The Morgan fingerprint density at radius 3 is 2.31 bits per heavy atom. The molecule has 0 fully saturated rings. The van der Waals surface area contributed by atoms with Crippen LogP contribution in [0.15, 0.2) is 11.6 Å². The molecule has 0 aliphatic heterocycles. The smallest absolute Gasteiger partial charge is 0.328 e. The van der Waals surface area contributed by atoms with Crippen molar-refractivity contribution in [3.05, 3.63) is 11.6 Å². The number of hydrogen-bond donors (Lipinski definition) is 3. The van der Waals surface area contributed by atoms with Gasteiger partial charge in [-0.25, -0.2) is 4.79 Å². The number of allylic oxidation sites excluding steroid dienone is 1. The molecule has 0 saturated carbocycles. The lowest BCUT2D eigenvalue weighted by Crippen LogP contribution is -2.42. The molecule has 1 atom stereocenters. The summed E-state index contributed by atoms with van der Waals surface area (Å²) in [5, 5.41) is 19.2. The molecule has 0 saturated heterocycles. The van der Waals surface area contributed by atoms with Gasteiger partial charge in [-0.15, -0.1) is 0 Å². The van der Waals surface area contributed by atoms with Crippen molar-refractivity contribution in [2.24, 2.45) is 0 Å². The van der Waals surface area contributed by atoms with Gasteiger partial charge in [0.25, 0.3) is 0 Å². The van der Waals surface area contributed by atoms with Crippen LogP contribution < -0.4 is 5.32 Å². The highest BCUT2D eigenvalue weighted by molar-refractivity contribution is 5.91. The van der Waals surface area contributed by atoms with Crippen molar-refractivity contribution >= 4 is 11.9 Å². The van der Waals surface area contributed by atoms with Gasteiger partial charge in [-0.3, -0.25) is 4.79 Å². The van der Waals surface area contributed by atoms with Gasteiger partial charge in [0.05, 0.1) is 6.61 Å². The van der Waals surface area contributed by atoms with Gasteiger partial charge in [0.2, 0.25) is 5.91 Å². The number of nitrogens with one attached hydrogen (secondary N) is 1. The molecule has 1 unspecified atom stereocenters. The minimum absolute atomic E-state index is 0.513. The minimum Gasteiger partial charge on any atom is -0.480 e. The first kappa shape index (κ1) is 11.6. The topological polar surface area (TPSA) is 86.6 Å². The molecule has 0 bridgehead atoms. The SMILES string of the molecule is CC(C)=CC(=O)NC(CO)C(=O)O. The number of aliphatic hydroxyl groups excluding tert-OH is 1. The van der Waals surface area contributed by atoms with Crippen LogP contribution in [0, 0.1) is 0 Å². The number of carboxylic acids is 1. The van der Waals surface area contributed by atoms with Crippen molar-refractivity contribution in [2.45, 2.75) is 19.9 Å². The third kappa shape index (κ3) is 4.97. The van der Waals surface area contributed by atoms with Crippen molar-refractivity contribution < 1.29 is 19.8 Å². The Morgan fingerprint density at radius 2 is 2.00 bits per heavy atom. The first-order chi connectivity index (χ1) is 5.97. The molecule has 0 aliphatic rings. The summed E-state index contributed by atoms with van der Waals surface area (Å²) in [7, 11) is 0. The molecule has 74 valence electrons. The van der Waals surface area contributed by atoms with Gasteiger partial charge in [-0.2, -0.15) is 0 Å². The molecule has 0 aliphatic carbocycles. The van der Waals surface area contributed by atoms with Crippen LogP contribution in [0.5, 0.6) is 0 Å². The lowest BCUT2D eigenvalue weighted by atomic mass is 10.3. The van der Waals surface area contributed by atoms with Gasteiger partial charge in [0.15, 0.2) is 6.04 Å². The fourth-order valence-electron chi connectivity index (χ4n) is 0.661. The summed E-state index contributed by atoms with van der Waals surface area (Å²) in [6.45, 7) is 2.82. The van der Waals surface area contributed by atoms with E-state index in [1.165, 1.54) is 6.08 Å². The van der Waals surface area contributed by atoms with Crippen LogP contribution in [0.3, 0.4) is 0 Å². The predicted octanol–water partition coefficient (Wildman–Crippen LogP) is -0.486. The monoisotopic (exact) mass is 187 g/mol. The number of amides is 1. The van der Waals surface area contributed by atoms with Crippen LogP contribution in [-0.2, 0) is 9.59 Å². The molecule has 13 heavy (non-hydrogen) atoms.